The van der Waals surface area contributed by atoms with E-state index in [1.54, 1.807) is 12.1 Å². The number of nitrogens with zero attached hydrogens (tertiary/aromatic N) is 2. The lowest BCUT2D eigenvalue weighted by molar-refractivity contribution is -0.455. The molecule has 0 N–H and O–H groups in total. The molecule has 1 saturated heterocycles. The van der Waals surface area contributed by atoms with Crippen LogP contribution in [0.3, 0.4) is 0 Å². The minimum absolute atomic E-state index is 0.0553. The molecule has 2 aliphatic heterocycles. The van der Waals surface area contributed by atoms with Crippen molar-refractivity contribution in [2.75, 3.05) is 18.0 Å². The standard InChI is InChI=1S/C37H34F3N2O2/c1-36(2)32-7-3-4-8-33(32)42(34(36)22-13-26-11-18-30(19-12-26)41-23-5-6-24-41)25-27-9-14-28(15-10-27)35(43)44-31-20-16-29(17-21-31)37(38,39)40/h3-4,7-22H,5-6,23-25H2,1-2H3/q+1. The van der Waals surface area contributed by atoms with Gasteiger partial charge in [-0.15, -0.1) is 0 Å². The molecule has 2 aliphatic rings. The highest BCUT2D eigenvalue weighted by atomic mass is 19.4. The lowest BCUT2D eigenvalue weighted by atomic mass is 9.81. The molecule has 0 aliphatic carbocycles. The third kappa shape index (κ3) is 6.05. The fourth-order valence-electron chi connectivity index (χ4n) is 6.06. The first-order valence-electron chi connectivity index (χ1n) is 14.9. The van der Waals surface area contributed by atoms with Crippen LogP contribution in [0.25, 0.3) is 6.08 Å². The van der Waals surface area contributed by atoms with Crippen molar-refractivity contribution in [3.8, 4) is 5.75 Å². The number of benzene rings is 4. The van der Waals surface area contributed by atoms with Gasteiger partial charge in [-0.1, -0.05) is 42.5 Å². The lowest BCUT2D eigenvalue weighted by Gasteiger charge is -2.17. The van der Waals surface area contributed by atoms with E-state index in [9.17, 15) is 18.0 Å². The topological polar surface area (TPSA) is 32.5 Å². The van der Waals surface area contributed by atoms with E-state index in [0.29, 0.717) is 12.1 Å². The van der Waals surface area contributed by atoms with Crippen molar-refractivity contribution in [1.29, 1.82) is 0 Å². The van der Waals surface area contributed by atoms with Crippen molar-refractivity contribution in [3.05, 3.63) is 131 Å². The Morgan fingerprint density at radius 3 is 2.18 bits per heavy atom. The lowest BCUT2D eigenvalue weighted by Crippen LogP contribution is -2.27. The summed E-state index contributed by atoms with van der Waals surface area (Å²) in [5.74, 6) is -0.574. The summed E-state index contributed by atoms with van der Waals surface area (Å²) in [7, 11) is 0. The zero-order valence-electron chi connectivity index (χ0n) is 24.8. The average molecular weight is 596 g/mol. The van der Waals surface area contributed by atoms with Crippen LogP contribution in [0.5, 0.6) is 5.75 Å². The van der Waals surface area contributed by atoms with Gasteiger partial charge < -0.3 is 9.64 Å². The summed E-state index contributed by atoms with van der Waals surface area (Å²) in [5.41, 5.74) is 6.29. The Hall–Kier alpha value is -4.65. The molecule has 0 atom stereocenters. The normalized spacial score (nSPS) is 16.1. The summed E-state index contributed by atoms with van der Waals surface area (Å²) in [6.45, 7) is 7.32. The monoisotopic (exact) mass is 595 g/mol. The molecule has 7 heteroatoms. The first kappa shape index (κ1) is 29.4. The molecule has 4 aromatic carbocycles. The minimum Gasteiger partial charge on any atom is -0.423 e. The van der Waals surface area contributed by atoms with Gasteiger partial charge in [0, 0.05) is 42.0 Å². The molecule has 6 rings (SSSR count). The van der Waals surface area contributed by atoms with Gasteiger partial charge in [-0.05, 0) is 86.9 Å². The van der Waals surface area contributed by atoms with E-state index < -0.39 is 17.7 Å². The third-order valence-electron chi connectivity index (χ3n) is 8.52. The summed E-state index contributed by atoms with van der Waals surface area (Å²) >= 11 is 0. The first-order chi connectivity index (χ1) is 21.1. The summed E-state index contributed by atoms with van der Waals surface area (Å²) in [5, 5.41) is 0. The molecule has 4 nitrogen and oxygen atoms in total. The van der Waals surface area contributed by atoms with Crippen molar-refractivity contribution in [2.45, 2.75) is 44.8 Å². The number of allylic oxidation sites excluding steroid dienone is 1. The number of rotatable bonds is 7. The maximum atomic E-state index is 12.8. The summed E-state index contributed by atoms with van der Waals surface area (Å²) < 4.78 is 46.2. The quantitative estimate of drug-likeness (QED) is 0.122. The van der Waals surface area contributed by atoms with E-state index in [1.807, 2.05) is 18.2 Å². The second kappa shape index (κ2) is 11.8. The van der Waals surface area contributed by atoms with Crippen LogP contribution < -0.4 is 9.64 Å². The number of para-hydroxylation sites is 1. The molecule has 0 amide bonds. The summed E-state index contributed by atoms with van der Waals surface area (Å²) in [6, 6.07) is 28.4. The van der Waals surface area contributed by atoms with Crippen molar-refractivity contribution >= 4 is 29.1 Å². The molecule has 224 valence electrons. The Morgan fingerprint density at radius 1 is 0.864 bits per heavy atom. The minimum atomic E-state index is -4.45. The Labute approximate surface area is 255 Å². The number of hydrogen-bond acceptors (Lipinski definition) is 3. The first-order valence-corrected chi connectivity index (χ1v) is 14.9. The Morgan fingerprint density at radius 2 is 1.52 bits per heavy atom. The highest BCUT2D eigenvalue weighted by molar-refractivity contribution is 6.05. The number of carbonyl (C=O) groups is 1. The van der Waals surface area contributed by atoms with Crippen molar-refractivity contribution in [3.63, 3.8) is 0 Å². The largest absolute Gasteiger partial charge is 0.423 e. The van der Waals surface area contributed by atoms with Crippen molar-refractivity contribution in [2.24, 2.45) is 0 Å². The van der Waals surface area contributed by atoms with Crippen LogP contribution in [-0.4, -0.2) is 29.3 Å². The van der Waals surface area contributed by atoms with Gasteiger partial charge in [0.05, 0.1) is 16.5 Å². The smallest absolute Gasteiger partial charge is 0.416 e. The molecule has 0 saturated carbocycles. The summed E-state index contributed by atoms with van der Waals surface area (Å²) in [4.78, 5) is 15.1. The molecule has 44 heavy (non-hydrogen) atoms. The van der Waals surface area contributed by atoms with E-state index in [1.165, 1.54) is 29.8 Å². The molecule has 0 aromatic heterocycles. The van der Waals surface area contributed by atoms with Gasteiger partial charge >= 0.3 is 12.1 Å². The molecular formula is C37H34F3N2O2+. The number of carbonyl (C=O) groups excluding carboxylic acids is 1. The second-order valence-electron chi connectivity index (χ2n) is 11.8. The van der Waals surface area contributed by atoms with E-state index >= 15 is 0 Å². The van der Waals surface area contributed by atoms with Crippen LogP contribution in [-0.2, 0) is 18.1 Å². The number of alkyl halides is 3. The molecule has 4 aromatic rings. The van der Waals surface area contributed by atoms with Gasteiger partial charge in [0.2, 0.25) is 5.69 Å². The highest BCUT2D eigenvalue weighted by Gasteiger charge is 2.44. The molecule has 0 spiro atoms. The SMILES string of the molecule is CC1(C)C(C=Cc2ccc(N3CCCC3)cc2)=[N+](Cc2ccc(C(=O)Oc3ccc(C(F)(F)F)cc3)cc2)c2ccccc21. The molecule has 0 radical (unpaired) electrons. The predicted octanol–water partition coefficient (Wildman–Crippen LogP) is 8.81. The maximum Gasteiger partial charge on any atom is 0.416 e. The predicted molar refractivity (Wildman–Crippen MR) is 168 cm³/mol. The summed E-state index contributed by atoms with van der Waals surface area (Å²) in [6.07, 6.45) is 2.43. The van der Waals surface area contributed by atoms with Crippen molar-refractivity contribution in [1.82, 2.24) is 0 Å². The van der Waals surface area contributed by atoms with Crippen LogP contribution in [0.2, 0.25) is 0 Å². The molecular weight excluding hydrogens is 561 g/mol. The van der Waals surface area contributed by atoms with E-state index in [4.69, 9.17) is 4.74 Å². The molecule has 1 fully saturated rings. The van der Waals surface area contributed by atoms with Crippen LogP contribution in [0.4, 0.5) is 24.5 Å². The van der Waals surface area contributed by atoms with Gasteiger partial charge in [-0.3, -0.25) is 0 Å². The number of esters is 1. The number of halogens is 3. The van der Waals surface area contributed by atoms with Gasteiger partial charge in [-0.2, -0.15) is 17.7 Å². The van der Waals surface area contributed by atoms with Gasteiger partial charge in [-0.25, -0.2) is 4.79 Å². The zero-order chi connectivity index (χ0) is 30.9. The van der Waals surface area contributed by atoms with Gasteiger partial charge in [0.25, 0.3) is 0 Å². The Bertz CT molecular complexity index is 1710. The number of hydrogen-bond donors (Lipinski definition) is 0. The van der Waals surface area contributed by atoms with E-state index in [2.05, 4.69) is 77.9 Å². The van der Waals surface area contributed by atoms with Crippen LogP contribution in [0.1, 0.15) is 59.3 Å². The average Bonchev–Trinajstić information content (AvgIpc) is 3.62. The Balaban J connectivity index is 1.22. The molecule has 0 unspecified atom stereocenters. The fraction of sp³-hybridized carbons (Fsp3) is 0.243. The fourth-order valence-corrected chi connectivity index (χ4v) is 6.06. The van der Waals surface area contributed by atoms with Crippen molar-refractivity contribution < 1.29 is 27.3 Å². The van der Waals surface area contributed by atoms with Gasteiger partial charge in [0.1, 0.15) is 5.75 Å². The molecule has 0 bridgehead atoms. The van der Waals surface area contributed by atoms with Crippen LogP contribution in [0.15, 0.2) is 103 Å². The number of fused-ring (bicyclic) bond motifs is 1. The van der Waals surface area contributed by atoms with Crippen LogP contribution in [0, 0.1) is 0 Å². The van der Waals surface area contributed by atoms with Gasteiger partial charge in [0.15, 0.2) is 12.3 Å². The van der Waals surface area contributed by atoms with E-state index in [-0.39, 0.29) is 11.2 Å². The third-order valence-corrected chi connectivity index (χ3v) is 8.52. The maximum absolute atomic E-state index is 12.8. The molecule has 2 heterocycles. The van der Waals surface area contributed by atoms with E-state index in [0.717, 1.165) is 54.2 Å². The number of anilines is 1. The highest BCUT2D eigenvalue weighted by Crippen LogP contribution is 2.40. The zero-order valence-corrected chi connectivity index (χ0v) is 24.8. The second-order valence-corrected chi connectivity index (χ2v) is 11.8. The van der Waals surface area contributed by atoms with Crippen LogP contribution >= 0.6 is 0 Å². The number of ether oxygens (including phenoxy) is 1. The Kier molecular flexibility index (Phi) is 7.89.